The Bertz CT molecular complexity index is 1230. The predicted octanol–water partition coefficient (Wildman–Crippen LogP) is 2.12. The van der Waals surface area contributed by atoms with Crippen LogP contribution in [0.4, 0.5) is 21.7 Å². The number of benzene rings is 1. The number of amides is 1. The summed E-state index contributed by atoms with van der Waals surface area (Å²) in [7, 11) is -3.03. The molecule has 0 spiro atoms. The van der Waals surface area contributed by atoms with E-state index in [1.807, 2.05) is 20.8 Å². The molecule has 0 unspecified atom stereocenters. The number of aryl methyl sites for hydroxylation is 1. The Labute approximate surface area is 204 Å². The van der Waals surface area contributed by atoms with Gasteiger partial charge in [0.25, 0.3) is 0 Å². The molecule has 1 amide bonds. The van der Waals surface area contributed by atoms with Crippen molar-refractivity contribution in [2.75, 3.05) is 41.8 Å². The van der Waals surface area contributed by atoms with Gasteiger partial charge in [0.15, 0.2) is 9.84 Å². The lowest BCUT2D eigenvalue weighted by Crippen LogP contribution is -2.43. The maximum absolute atomic E-state index is 14.7. The van der Waals surface area contributed by atoms with Crippen molar-refractivity contribution in [2.45, 2.75) is 26.8 Å². The number of allylic oxidation sites excluding steroid dienone is 1. The van der Waals surface area contributed by atoms with Crippen LogP contribution in [0.3, 0.4) is 0 Å². The van der Waals surface area contributed by atoms with Crippen LogP contribution in [0, 0.1) is 12.7 Å². The number of sulfone groups is 1. The third kappa shape index (κ3) is 7.55. The number of nitrogens with zero attached hydrogens (tertiary/aromatic N) is 4. The van der Waals surface area contributed by atoms with Gasteiger partial charge < -0.3 is 16.4 Å². The van der Waals surface area contributed by atoms with Gasteiger partial charge in [-0.1, -0.05) is 0 Å². The first kappa shape index (κ1) is 26.2. The molecule has 1 aliphatic rings. The molecule has 1 saturated heterocycles. The number of halogens is 1. The zero-order valence-electron chi connectivity index (χ0n) is 20.0. The van der Waals surface area contributed by atoms with E-state index in [1.165, 1.54) is 18.3 Å². The molecule has 4 N–H and O–H groups in total. The zero-order chi connectivity index (χ0) is 25.6. The molecule has 2 aromatic rings. The standard InChI is InChI=1S/C23H30FN7O3S/c1-15(2)26-13-17(11-25)22-16(3)12-27-23(30-22)28-18-4-5-20(19(24)10-18)29-21(32)14-31-6-8-35(33,34)9-7-31/h4-5,10-13,15H,6-9,14,25H2,1-3H3,(H,29,32)(H,27,28,30). The van der Waals surface area contributed by atoms with Crippen LogP contribution in [0.5, 0.6) is 0 Å². The van der Waals surface area contributed by atoms with Crippen LogP contribution in [0.1, 0.15) is 25.1 Å². The Morgan fingerprint density at radius 2 is 2.03 bits per heavy atom. The summed E-state index contributed by atoms with van der Waals surface area (Å²) in [6.45, 7) is 6.31. The summed E-state index contributed by atoms with van der Waals surface area (Å²) in [6, 6.07) is 4.36. The second kappa shape index (κ2) is 11.4. The number of aliphatic imine (C=N–C) groups is 1. The Hall–Kier alpha value is -3.38. The van der Waals surface area contributed by atoms with Crippen LogP contribution >= 0.6 is 0 Å². The molecule has 1 aromatic carbocycles. The predicted molar refractivity (Wildman–Crippen MR) is 136 cm³/mol. The number of anilines is 3. The van der Waals surface area contributed by atoms with E-state index in [0.29, 0.717) is 17.0 Å². The molecule has 12 heteroatoms. The molecule has 1 aromatic heterocycles. The molecule has 0 radical (unpaired) electrons. The number of nitrogens with two attached hydrogens (primary N) is 1. The SMILES string of the molecule is Cc1cnc(Nc2ccc(NC(=O)CN3CCS(=O)(=O)CC3)c(F)c2)nc1C(C=NC(C)C)=CN. The van der Waals surface area contributed by atoms with Crippen molar-refractivity contribution in [3.63, 3.8) is 0 Å². The number of nitrogens with one attached hydrogen (secondary N) is 2. The fourth-order valence-electron chi connectivity index (χ4n) is 3.33. The van der Waals surface area contributed by atoms with Gasteiger partial charge in [0.2, 0.25) is 11.9 Å². The molecule has 3 rings (SSSR count). The molecule has 10 nitrogen and oxygen atoms in total. The van der Waals surface area contributed by atoms with Gasteiger partial charge in [0.1, 0.15) is 5.82 Å². The summed E-state index contributed by atoms with van der Waals surface area (Å²) in [5.41, 5.74) is 8.22. The Kier molecular flexibility index (Phi) is 8.52. The highest BCUT2D eigenvalue weighted by Gasteiger charge is 2.23. The minimum atomic E-state index is -3.03. The quantitative estimate of drug-likeness (QED) is 0.465. The van der Waals surface area contributed by atoms with E-state index in [1.54, 1.807) is 23.4 Å². The molecule has 188 valence electrons. The average molecular weight is 504 g/mol. The second-order valence-electron chi connectivity index (χ2n) is 8.51. The van der Waals surface area contributed by atoms with Gasteiger partial charge in [-0.25, -0.2) is 22.8 Å². The van der Waals surface area contributed by atoms with Crippen molar-refractivity contribution in [3.8, 4) is 0 Å². The molecule has 1 fully saturated rings. The first-order valence-electron chi connectivity index (χ1n) is 11.1. The summed E-state index contributed by atoms with van der Waals surface area (Å²) in [4.78, 5) is 27.1. The maximum Gasteiger partial charge on any atom is 0.238 e. The summed E-state index contributed by atoms with van der Waals surface area (Å²) >= 11 is 0. The molecule has 1 aliphatic heterocycles. The lowest BCUT2D eigenvalue weighted by atomic mass is 10.1. The van der Waals surface area contributed by atoms with Gasteiger partial charge in [-0.05, 0) is 44.5 Å². The minimum Gasteiger partial charge on any atom is -0.404 e. The van der Waals surface area contributed by atoms with Gasteiger partial charge in [-0.3, -0.25) is 14.7 Å². The van der Waals surface area contributed by atoms with Gasteiger partial charge in [-0.2, -0.15) is 0 Å². The van der Waals surface area contributed by atoms with Gasteiger partial charge >= 0.3 is 0 Å². The first-order valence-corrected chi connectivity index (χ1v) is 13.0. The van der Waals surface area contributed by atoms with Crippen LogP contribution in [0.15, 0.2) is 35.6 Å². The highest BCUT2D eigenvalue weighted by atomic mass is 32.2. The third-order valence-electron chi connectivity index (χ3n) is 5.24. The second-order valence-corrected chi connectivity index (χ2v) is 10.8. The van der Waals surface area contributed by atoms with Gasteiger partial charge in [0.05, 0.1) is 29.4 Å². The molecular weight excluding hydrogens is 473 g/mol. The van der Waals surface area contributed by atoms with Gasteiger partial charge in [0, 0.05) is 49.0 Å². The lowest BCUT2D eigenvalue weighted by molar-refractivity contribution is -0.117. The van der Waals surface area contributed by atoms with E-state index in [0.717, 1.165) is 5.56 Å². The number of carbonyl (C=O) groups excluding carboxylic acids is 1. The fourth-order valence-corrected chi connectivity index (χ4v) is 4.61. The molecule has 0 atom stereocenters. The fraction of sp³-hybridized carbons (Fsp3) is 0.391. The summed E-state index contributed by atoms with van der Waals surface area (Å²) in [6.07, 6.45) is 4.71. The Morgan fingerprint density at radius 3 is 2.66 bits per heavy atom. The van der Waals surface area contributed by atoms with E-state index in [-0.39, 0.29) is 48.8 Å². The zero-order valence-corrected chi connectivity index (χ0v) is 20.8. The highest BCUT2D eigenvalue weighted by Crippen LogP contribution is 2.23. The first-order chi connectivity index (χ1) is 16.6. The molecule has 35 heavy (non-hydrogen) atoms. The monoisotopic (exact) mass is 503 g/mol. The Balaban J connectivity index is 1.66. The van der Waals surface area contributed by atoms with Crippen molar-refractivity contribution < 1.29 is 17.6 Å². The number of carbonyl (C=O) groups is 1. The topological polar surface area (TPSA) is 143 Å². The van der Waals surface area contributed by atoms with Crippen LogP contribution < -0.4 is 16.4 Å². The molecule has 0 aliphatic carbocycles. The van der Waals surface area contributed by atoms with Crippen molar-refractivity contribution >= 4 is 44.9 Å². The van der Waals surface area contributed by atoms with Crippen molar-refractivity contribution in [1.29, 1.82) is 0 Å². The van der Waals surface area contributed by atoms with E-state index in [2.05, 4.69) is 25.6 Å². The smallest absolute Gasteiger partial charge is 0.238 e. The van der Waals surface area contributed by atoms with Gasteiger partial charge in [-0.15, -0.1) is 0 Å². The average Bonchev–Trinajstić information content (AvgIpc) is 2.79. The van der Waals surface area contributed by atoms with Crippen molar-refractivity contribution in [2.24, 2.45) is 10.7 Å². The maximum atomic E-state index is 14.7. The number of hydrogen-bond acceptors (Lipinski definition) is 9. The van der Waals surface area contributed by atoms with Crippen LogP contribution in [0.25, 0.3) is 5.57 Å². The third-order valence-corrected chi connectivity index (χ3v) is 6.85. The van der Waals surface area contributed by atoms with E-state index in [4.69, 9.17) is 5.73 Å². The highest BCUT2D eigenvalue weighted by molar-refractivity contribution is 7.91. The summed E-state index contributed by atoms with van der Waals surface area (Å²) in [5, 5.41) is 5.49. The number of aromatic nitrogens is 2. The molecule has 0 bridgehead atoms. The minimum absolute atomic E-state index is 0.00789. The van der Waals surface area contributed by atoms with E-state index >= 15 is 0 Å². The van der Waals surface area contributed by atoms with Crippen molar-refractivity contribution in [1.82, 2.24) is 14.9 Å². The van der Waals surface area contributed by atoms with Crippen LogP contribution in [-0.4, -0.2) is 72.6 Å². The Morgan fingerprint density at radius 1 is 1.31 bits per heavy atom. The summed E-state index contributed by atoms with van der Waals surface area (Å²) < 4.78 is 37.7. The van der Waals surface area contributed by atoms with E-state index in [9.17, 15) is 17.6 Å². The largest absolute Gasteiger partial charge is 0.404 e. The lowest BCUT2D eigenvalue weighted by Gasteiger charge is -2.25. The molecule has 2 heterocycles. The number of rotatable bonds is 8. The van der Waals surface area contributed by atoms with Crippen LogP contribution in [-0.2, 0) is 14.6 Å². The van der Waals surface area contributed by atoms with E-state index < -0.39 is 21.6 Å². The van der Waals surface area contributed by atoms with Crippen molar-refractivity contribution in [3.05, 3.63) is 47.7 Å². The normalized spacial score (nSPS) is 16.5. The van der Waals surface area contributed by atoms with Crippen LogP contribution in [0.2, 0.25) is 0 Å². The molecule has 0 saturated carbocycles. The number of hydrogen-bond donors (Lipinski definition) is 3. The summed E-state index contributed by atoms with van der Waals surface area (Å²) in [5.74, 6) is -0.766. The molecular formula is C23H30FN7O3S.